The molecule has 4 heterocycles. The average molecular weight is 466 g/mol. The number of hydrogen-bond acceptors (Lipinski definition) is 7. The van der Waals surface area contributed by atoms with E-state index in [0.29, 0.717) is 17.4 Å². The molecule has 0 atom stereocenters. The molecule has 5 N–H and O–H groups in total. The fourth-order valence-corrected chi connectivity index (χ4v) is 4.40. The Balaban J connectivity index is 1.88. The first-order valence-electron chi connectivity index (χ1n) is 11.7. The lowest BCUT2D eigenvalue weighted by Crippen LogP contribution is -2.28. The number of rotatable bonds is 5. The fraction of sp³-hybridized carbons (Fsp3) is 0.480. The molecule has 0 bridgehead atoms. The van der Waals surface area contributed by atoms with Crippen molar-refractivity contribution in [2.24, 2.45) is 22.9 Å². The summed E-state index contributed by atoms with van der Waals surface area (Å²) < 4.78 is 7.78. The Kier molecular flexibility index (Phi) is 6.51. The number of aromatic nitrogens is 3. The number of nitrogens with zero attached hydrogens (tertiary/aromatic N) is 4. The molecule has 9 nitrogen and oxygen atoms in total. The average Bonchev–Trinajstić information content (AvgIpc) is 3.06. The van der Waals surface area contributed by atoms with Crippen LogP contribution < -0.4 is 16.9 Å². The Bertz CT molecular complexity index is 1240. The van der Waals surface area contributed by atoms with E-state index in [1.54, 1.807) is 13.2 Å². The number of hydrazine groups is 1. The summed E-state index contributed by atoms with van der Waals surface area (Å²) in [4.78, 5) is 22.2. The maximum atomic E-state index is 12.6. The van der Waals surface area contributed by atoms with E-state index in [4.69, 9.17) is 26.3 Å². The van der Waals surface area contributed by atoms with Gasteiger partial charge in [-0.2, -0.15) is 0 Å². The molecule has 0 aliphatic carbocycles. The van der Waals surface area contributed by atoms with E-state index in [1.807, 2.05) is 39.8 Å². The predicted octanol–water partition coefficient (Wildman–Crippen LogP) is 3.45. The van der Waals surface area contributed by atoms with Crippen LogP contribution in [0.15, 0.2) is 30.1 Å². The molecule has 1 aliphatic heterocycles. The van der Waals surface area contributed by atoms with Crippen LogP contribution in [0.1, 0.15) is 46.1 Å². The molecular formula is C25H35N7O2. The van der Waals surface area contributed by atoms with E-state index < -0.39 is 5.41 Å². The Labute approximate surface area is 200 Å². The number of carbonyl (C=O) groups is 1. The smallest absolute Gasteiger partial charge is 0.230 e. The molecule has 0 radical (unpaired) electrons. The summed E-state index contributed by atoms with van der Waals surface area (Å²) in [5.74, 6) is 6.99. The van der Waals surface area contributed by atoms with E-state index in [1.165, 1.54) is 5.01 Å². The van der Waals surface area contributed by atoms with Gasteiger partial charge in [0, 0.05) is 55.1 Å². The number of fused-ring (bicyclic) bond motifs is 3. The maximum absolute atomic E-state index is 12.6. The van der Waals surface area contributed by atoms with Gasteiger partial charge >= 0.3 is 0 Å². The summed E-state index contributed by atoms with van der Waals surface area (Å²) >= 11 is 0. The van der Waals surface area contributed by atoms with Crippen molar-refractivity contribution in [2.75, 3.05) is 25.6 Å². The van der Waals surface area contributed by atoms with Gasteiger partial charge < -0.3 is 25.4 Å². The Morgan fingerprint density at radius 3 is 2.62 bits per heavy atom. The third-order valence-electron chi connectivity index (χ3n) is 6.25. The van der Waals surface area contributed by atoms with Gasteiger partial charge in [0.05, 0.1) is 16.7 Å². The van der Waals surface area contributed by atoms with Gasteiger partial charge in [-0.3, -0.25) is 9.78 Å². The molecule has 1 saturated heterocycles. The zero-order valence-corrected chi connectivity index (χ0v) is 20.7. The van der Waals surface area contributed by atoms with Crippen molar-refractivity contribution in [2.45, 2.75) is 47.1 Å². The van der Waals surface area contributed by atoms with Gasteiger partial charge in [-0.25, -0.2) is 10.8 Å². The summed E-state index contributed by atoms with van der Waals surface area (Å²) in [6.07, 6.45) is 3.78. The first-order valence-corrected chi connectivity index (χ1v) is 11.7. The predicted molar refractivity (Wildman–Crippen MR) is 135 cm³/mol. The number of carbonyl (C=O) groups excluding carboxylic acids is 1. The van der Waals surface area contributed by atoms with Crippen LogP contribution in [0.25, 0.3) is 27.8 Å². The van der Waals surface area contributed by atoms with Crippen LogP contribution in [-0.4, -0.2) is 45.7 Å². The number of anilines is 1. The lowest BCUT2D eigenvalue weighted by Gasteiger charge is -2.23. The van der Waals surface area contributed by atoms with Crippen LogP contribution in [0.2, 0.25) is 0 Å². The van der Waals surface area contributed by atoms with E-state index in [2.05, 4.69) is 16.0 Å². The second-order valence-electron chi connectivity index (χ2n) is 10.2. The molecule has 34 heavy (non-hydrogen) atoms. The molecule has 1 amide bonds. The molecule has 0 unspecified atom stereocenters. The fourth-order valence-electron chi connectivity index (χ4n) is 4.40. The largest absolute Gasteiger partial charge is 0.401 e. The van der Waals surface area contributed by atoms with Gasteiger partial charge in [-0.15, -0.1) is 0 Å². The summed E-state index contributed by atoms with van der Waals surface area (Å²) in [5.41, 5.74) is 10.4. The van der Waals surface area contributed by atoms with Crippen molar-refractivity contribution in [3.63, 3.8) is 0 Å². The monoisotopic (exact) mass is 465 g/mol. The van der Waals surface area contributed by atoms with Crippen molar-refractivity contribution >= 4 is 39.5 Å². The third kappa shape index (κ3) is 4.71. The minimum Gasteiger partial charge on any atom is -0.401 e. The van der Waals surface area contributed by atoms with E-state index in [0.717, 1.165) is 65.9 Å². The molecule has 0 saturated carbocycles. The summed E-state index contributed by atoms with van der Waals surface area (Å²) in [7, 11) is 1.76. The summed E-state index contributed by atoms with van der Waals surface area (Å²) in [6.45, 7) is 9.80. The van der Waals surface area contributed by atoms with Crippen LogP contribution in [-0.2, 0) is 16.1 Å². The Morgan fingerprint density at radius 1 is 1.29 bits per heavy atom. The molecule has 0 spiro atoms. The van der Waals surface area contributed by atoms with Gasteiger partial charge in [0.2, 0.25) is 5.91 Å². The van der Waals surface area contributed by atoms with E-state index in [-0.39, 0.29) is 5.91 Å². The van der Waals surface area contributed by atoms with Gasteiger partial charge in [0.15, 0.2) is 0 Å². The van der Waals surface area contributed by atoms with Crippen molar-refractivity contribution in [3.05, 3.63) is 35.7 Å². The van der Waals surface area contributed by atoms with Gasteiger partial charge in [-0.1, -0.05) is 20.8 Å². The van der Waals surface area contributed by atoms with Gasteiger partial charge in [0.1, 0.15) is 11.5 Å². The number of ether oxygens (including phenoxy) is 1. The molecule has 3 aromatic heterocycles. The number of hydrogen-bond donors (Lipinski definition) is 3. The molecule has 182 valence electrons. The normalized spacial score (nSPS) is 16.1. The van der Waals surface area contributed by atoms with Crippen LogP contribution in [0.4, 0.5) is 5.82 Å². The summed E-state index contributed by atoms with van der Waals surface area (Å²) in [5, 5.41) is 5.42. The molecule has 1 aliphatic rings. The first-order chi connectivity index (χ1) is 16.1. The van der Waals surface area contributed by atoms with Crippen molar-refractivity contribution < 1.29 is 9.53 Å². The van der Waals surface area contributed by atoms with Crippen LogP contribution >= 0.6 is 0 Å². The summed E-state index contributed by atoms with van der Waals surface area (Å²) in [6, 6.07) is 5.89. The SMILES string of the molecule is C/C(N)=C(\c1cnc2c3ccc(NC(=O)C(C)(C)C)nc3n(CC3CCOCC3)c2c1)N(C)N. The number of amides is 1. The maximum Gasteiger partial charge on any atom is 0.230 e. The highest BCUT2D eigenvalue weighted by atomic mass is 16.5. The molecule has 3 aromatic rings. The second-order valence-corrected chi connectivity index (χ2v) is 10.2. The standard InChI is InChI=1S/C25H35N7O2/c1-15(26)22(31(5)27)17-12-19-21(28-13-17)18-6-7-20(30-24(33)25(2,3)4)29-23(18)32(19)14-16-8-10-34-11-9-16/h6-7,12-13,16H,8-11,14,26-27H2,1-5H3,(H,29,30,33)/b22-15-. The minimum absolute atomic E-state index is 0.0777. The lowest BCUT2D eigenvalue weighted by atomic mass is 9.96. The Morgan fingerprint density at radius 2 is 2.00 bits per heavy atom. The highest BCUT2D eigenvalue weighted by Gasteiger charge is 2.24. The highest BCUT2D eigenvalue weighted by molar-refractivity contribution is 6.06. The highest BCUT2D eigenvalue weighted by Crippen LogP contribution is 2.32. The molecule has 4 rings (SSSR count). The van der Waals surface area contributed by atoms with Gasteiger partial charge in [-0.05, 0) is 43.9 Å². The third-order valence-corrected chi connectivity index (χ3v) is 6.25. The van der Waals surface area contributed by atoms with Crippen molar-refractivity contribution in [3.8, 4) is 0 Å². The minimum atomic E-state index is -0.515. The number of nitrogens with one attached hydrogen (secondary N) is 1. The molecule has 1 fully saturated rings. The second kappa shape index (κ2) is 9.23. The van der Waals surface area contributed by atoms with Crippen molar-refractivity contribution in [1.29, 1.82) is 0 Å². The lowest BCUT2D eigenvalue weighted by molar-refractivity contribution is -0.123. The molecular weight excluding hydrogens is 430 g/mol. The number of nitrogens with two attached hydrogens (primary N) is 2. The molecule has 0 aromatic carbocycles. The van der Waals surface area contributed by atoms with Crippen molar-refractivity contribution in [1.82, 2.24) is 19.5 Å². The number of allylic oxidation sites excluding steroid dienone is 1. The Hall–Kier alpha value is -3.17. The zero-order chi connectivity index (χ0) is 24.6. The topological polar surface area (TPSA) is 124 Å². The quantitative estimate of drug-likeness (QED) is 0.389. The molecule has 9 heteroatoms. The zero-order valence-electron chi connectivity index (χ0n) is 20.7. The van der Waals surface area contributed by atoms with Gasteiger partial charge in [0.25, 0.3) is 0 Å². The number of pyridine rings is 2. The van der Waals surface area contributed by atoms with E-state index >= 15 is 0 Å². The van der Waals surface area contributed by atoms with Crippen LogP contribution in [0, 0.1) is 11.3 Å². The van der Waals surface area contributed by atoms with Crippen LogP contribution in [0.3, 0.4) is 0 Å². The van der Waals surface area contributed by atoms with Crippen LogP contribution in [0.5, 0.6) is 0 Å². The first kappa shape index (κ1) is 24.0. The van der Waals surface area contributed by atoms with E-state index in [9.17, 15) is 4.79 Å².